The van der Waals surface area contributed by atoms with Crippen molar-refractivity contribution >= 4 is 35.3 Å². The van der Waals surface area contributed by atoms with E-state index in [0.29, 0.717) is 29.7 Å². The quantitative estimate of drug-likeness (QED) is 0.420. The molecular formula is C25H27FN4O5. The van der Waals surface area contributed by atoms with Crippen molar-refractivity contribution in [2.45, 2.75) is 39.2 Å². The molecule has 6 amide bonds. The number of nitrogens with one attached hydrogen (secondary N) is 2. The molecule has 2 aromatic carbocycles. The summed E-state index contributed by atoms with van der Waals surface area (Å²) in [5.74, 6) is -2.23. The number of anilines is 1. The summed E-state index contributed by atoms with van der Waals surface area (Å²) >= 11 is 0. The minimum absolute atomic E-state index is 0.0800. The molecule has 0 radical (unpaired) electrons. The van der Waals surface area contributed by atoms with E-state index >= 15 is 0 Å². The molecule has 1 fully saturated rings. The van der Waals surface area contributed by atoms with Gasteiger partial charge in [0.05, 0.1) is 0 Å². The van der Waals surface area contributed by atoms with Crippen LogP contribution in [0.15, 0.2) is 48.5 Å². The Morgan fingerprint density at radius 3 is 2.23 bits per heavy atom. The molecule has 184 valence electrons. The van der Waals surface area contributed by atoms with Crippen LogP contribution in [0.5, 0.6) is 0 Å². The third-order valence-corrected chi connectivity index (χ3v) is 5.56. The summed E-state index contributed by atoms with van der Waals surface area (Å²) < 4.78 is 13.5. The zero-order valence-electron chi connectivity index (χ0n) is 19.5. The van der Waals surface area contributed by atoms with Crippen LogP contribution >= 0.6 is 0 Å². The van der Waals surface area contributed by atoms with E-state index in [2.05, 4.69) is 10.6 Å². The van der Waals surface area contributed by atoms with Crippen molar-refractivity contribution in [1.29, 1.82) is 0 Å². The summed E-state index contributed by atoms with van der Waals surface area (Å²) in [5, 5.41) is 4.87. The second-order valence-corrected chi connectivity index (χ2v) is 8.16. The van der Waals surface area contributed by atoms with Gasteiger partial charge in [-0.05, 0) is 61.7 Å². The maximum Gasteiger partial charge on any atom is 0.333 e. The van der Waals surface area contributed by atoms with Crippen molar-refractivity contribution in [3.8, 4) is 0 Å². The Bertz CT molecular complexity index is 1130. The van der Waals surface area contributed by atoms with Crippen molar-refractivity contribution in [2.75, 3.05) is 18.4 Å². The number of Topliss-reactive ketones (excluding diaryl/α,β-unsaturated/α-hetero) is 1. The molecule has 0 aliphatic carbocycles. The van der Waals surface area contributed by atoms with Crippen LogP contribution in [-0.2, 0) is 16.0 Å². The molecule has 0 aromatic heterocycles. The number of hydrogen-bond acceptors (Lipinski definition) is 5. The van der Waals surface area contributed by atoms with E-state index in [9.17, 15) is 28.4 Å². The van der Waals surface area contributed by atoms with E-state index in [1.807, 2.05) is 6.92 Å². The number of barbiturate groups is 1. The van der Waals surface area contributed by atoms with Crippen LogP contribution in [0.25, 0.3) is 0 Å². The van der Waals surface area contributed by atoms with Crippen molar-refractivity contribution in [3.63, 3.8) is 0 Å². The van der Waals surface area contributed by atoms with Gasteiger partial charge in [-0.25, -0.2) is 14.0 Å². The highest BCUT2D eigenvalue weighted by molar-refractivity contribution is 6.20. The number of amides is 6. The van der Waals surface area contributed by atoms with Gasteiger partial charge < -0.3 is 10.6 Å². The van der Waals surface area contributed by atoms with Gasteiger partial charge in [0.25, 0.3) is 11.8 Å². The molecule has 1 atom stereocenters. The smallest absolute Gasteiger partial charge is 0.318 e. The Kier molecular flexibility index (Phi) is 8.30. The molecule has 10 heteroatoms. The fourth-order valence-corrected chi connectivity index (χ4v) is 3.62. The topological polar surface area (TPSA) is 116 Å². The summed E-state index contributed by atoms with van der Waals surface area (Å²) in [4.78, 5) is 64.8. The summed E-state index contributed by atoms with van der Waals surface area (Å²) in [7, 11) is 0. The number of carbonyl (C=O) groups excluding carboxylic acids is 5. The summed E-state index contributed by atoms with van der Waals surface area (Å²) in [5.41, 5.74) is 1.40. The van der Waals surface area contributed by atoms with Crippen molar-refractivity contribution in [2.24, 2.45) is 0 Å². The second kappa shape index (κ2) is 11.4. The van der Waals surface area contributed by atoms with Gasteiger partial charge >= 0.3 is 12.1 Å². The highest BCUT2D eigenvalue weighted by Gasteiger charge is 2.46. The number of urea groups is 2. The molecule has 35 heavy (non-hydrogen) atoms. The van der Waals surface area contributed by atoms with Crippen LogP contribution in [0.4, 0.5) is 19.7 Å². The number of unbranched alkanes of at least 4 members (excludes halogenated alkanes) is 1. The van der Waals surface area contributed by atoms with E-state index in [0.717, 1.165) is 9.80 Å². The number of nitrogens with zero attached hydrogens (tertiary/aromatic N) is 2. The molecule has 3 rings (SSSR count). The summed E-state index contributed by atoms with van der Waals surface area (Å²) in [6.45, 7) is 3.33. The van der Waals surface area contributed by atoms with Gasteiger partial charge in [0.2, 0.25) is 0 Å². The maximum absolute atomic E-state index is 13.5. The Labute approximate surface area is 202 Å². The molecule has 1 saturated heterocycles. The highest BCUT2D eigenvalue weighted by atomic mass is 19.1. The minimum Gasteiger partial charge on any atom is -0.318 e. The number of halogens is 1. The second-order valence-electron chi connectivity index (χ2n) is 8.16. The summed E-state index contributed by atoms with van der Waals surface area (Å²) in [6.07, 6.45) is 1.43. The number of imide groups is 2. The monoisotopic (exact) mass is 482 g/mol. The molecule has 1 aliphatic heterocycles. The van der Waals surface area contributed by atoms with Gasteiger partial charge in [-0.1, -0.05) is 25.5 Å². The van der Waals surface area contributed by atoms with Gasteiger partial charge in [-0.2, -0.15) is 0 Å². The normalized spacial score (nSPS) is 15.9. The largest absolute Gasteiger partial charge is 0.333 e. The lowest BCUT2D eigenvalue weighted by atomic mass is 10.1. The zero-order chi connectivity index (χ0) is 25.5. The van der Waals surface area contributed by atoms with E-state index in [4.69, 9.17) is 0 Å². The summed E-state index contributed by atoms with van der Waals surface area (Å²) in [6, 6.07) is 8.73. The Morgan fingerprint density at radius 1 is 0.971 bits per heavy atom. The number of benzene rings is 2. The molecule has 1 heterocycles. The van der Waals surface area contributed by atoms with Crippen LogP contribution < -0.4 is 10.6 Å². The molecule has 2 N–H and O–H groups in total. The van der Waals surface area contributed by atoms with E-state index in [1.165, 1.54) is 49.4 Å². The Hall–Kier alpha value is -4.08. The Morgan fingerprint density at radius 2 is 1.63 bits per heavy atom. The van der Waals surface area contributed by atoms with E-state index < -0.39 is 35.7 Å². The van der Waals surface area contributed by atoms with Gasteiger partial charge in [0.1, 0.15) is 5.82 Å². The average molecular weight is 483 g/mol. The van der Waals surface area contributed by atoms with Crippen LogP contribution in [0.1, 0.15) is 42.6 Å². The van der Waals surface area contributed by atoms with E-state index in [1.54, 1.807) is 6.07 Å². The third-order valence-electron chi connectivity index (χ3n) is 5.56. The highest BCUT2D eigenvalue weighted by Crippen LogP contribution is 2.17. The molecular weight excluding hydrogens is 455 g/mol. The predicted octanol–water partition coefficient (Wildman–Crippen LogP) is 3.35. The van der Waals surface area contributed by atoms with Gasteiger partial charge in [-0.15, -0.1) is 0 Å². The maximum atomic E-state index is 13.5. The first-order valence-corrected chi connectivity index (χ1v) is 11.3. The number of hydrogen-bond donors (Lipinski definition) is 2. The van der Waals surface area contributed by atoms with Gasteiger partial charge in [0.15, 0.2) is 11.8 Å². The van der Waals surface area contributed by atoms with Crippen LogP contribution in [-0.4, -0.2) is 58.6 Å². The van der Waals surface area contributed by atoms with Gasteiger partial charge in [-0.3, -0.25) is 24.2 Å². The molecule has 2 aromatic rings. The standard InChI is InChI=1S/C25H27FN4O5/c1-3-4-13-29-22(32)21(28-24(34)27-20-10-8-18(9-11-20)16(2)31)23(33)30(25(29)35)14-12-17-6-5-7-19(26)15-17/h5-11,15,21H,3-4,12-14H2,1-2H3,(H2,27,28,34). The first kappa shape index (κ1) is 25.5. The fourth-order valence-electron chi connectivity index (χ4n) is 3.62. The zero-order valence-corrected chi connectivity index (χ0v) is 19.5. The molecule has 0 spiro atoms. The van der Waals surface area contributed by atoms with Crippen LogP contribution in [0, 0.1) is 5.82 Å². The molecule has 1 aliphatic rings. The van der Waals surface area contributed by atoms with Crippen molar-refractivity contribution in [3.05, 3.63) is 65.5 Å². The minimum atomic E-state index is -1.59. The average Bonchev–Trinajstić information content (AvgIpc) is 2.82. The Balaban J connectivity index is 1.75. The third kappa shape index (κ3) is 6.28. The molecule has 0 bridgehead atoms. The van der Waals surface area contributed by atoms with E-state index in [-0.39, 0.29) is 25.3 Å². The van der Waals surface area contributed by atoms with Crippen LogP contribution in [0.2, 0.25) is 0 Å². The number of rotatable bonds is 9. The SMILES string of the molecule is CCCCN1C(=O)C(NC(=O)Nc2ccc(C(C)=O)cc2)C(=O)N(CCc2cccc(F)c2)C1=O. The molecule has 0 saturated carbocycles. The van der Waals surface area contributed by atoms with Crippen molar-refractivity contribution in [1.82, 2.24) is 15.1 Å². The first-order chi connectivity index (χ1) is 16.7. The predicted molar refractivity (Wildman–Crippen MR) is 126 cm³/mol. The number of ketones is 1. The molecule has 9 nitrogen and oxygen atoms in total. The van der Waals surface area contributed by atoms with Crippen LogP contribution in [0.3, 0.4) is 0 Å². The lowest BCUT2D eigenvalue weighted by Crippen LogP contribution is -2.67. The molecule has 1 unspecified atom stereocenters. The number of carbonyl (C=O) groups is 5. The lowest BCUT2D eigenvalue weighted by molar-refractivity contribution is -0.145. The fraction of sp³-hybridized carbons (Fsp3) is 0.320. The van der Waals surface area contributed by atoms with Gasteiger partial charge in [0, 0.05) is 24.3 Å². The van der Waals surface area contributed by atoms with Crippen molar-refractivity contribution < 1.29 is 28.4 Å². The lowest BCUT2D eigenvalue weighted by Gasteiger charge is -2.37. The first-order valence-electron chi connectivity index (χ1n) is 11.3.